The number of amides is 1. The van der Waals surface area contributed by atoms with Gasteiger partial charge in [0, 0.05) is 18.2 Å². The molecule has 0 aromatic rings. The molecule has 0 aliphatic heterocycles. The first kappa shape index (κ1) is 17.4. The number of rotatable bonds is 9. The highest BCUT2D eigenvalue weighted by Crippen LogP contribution is 2.04. The summed E-state index contributed by atoms with van der Waals surface area (Å²) in [6, 6.07) is 0.0129. The predicted molar refractivity (Wildman–Crippen MR) is 72.5 cm³/mol. The highest BCUT2D eigenvalue weighted by Gasteiger charge is 2.14. The van der Waals surface area contributed by atoms with Crippen molar-refractivity contribution in [2.75, 3.05) is 13.2 Å². The fourth-order valence-corrected chi connectivity index (χ4v) is 1.54. The third-order valence-corrected chi connectivity index (χ3v) is 2.63. The molecule has 0 aromatic heterocycles. The van der Waals surface area contributed by atoms with E-state index in [0.717, 1.165) is 19.3 Å². The van der Waals surface area contributed by atoms with Gasteiger partial charge in [-0.2, -0.15) is 0 Å². The summed E-state index contributed by atoms with van der Waals surface area (Å²) in [6.45, 7) is 9.74. The molecule has 0 fully saturated rings. The van der Waals surface area contributed by atoms with Crippen molar-refractivity contribution in [2.24, 2.45) is 0 Å². The highest BCUT2D eigenvalue weighted by molar-refractivity contribution is 6.23. The summed E-state index contributed by atoms with van der Waals surface area (Å²) >= 11 is 0. The van der Waals surface area contributed by atoms with Gasteiger partial charge in [-0.25, -0.2) is 4.79 Å². The smallest absolute Gasteiger partial charge is 0.333 e. The number of carbonyl (C=O) groups excluding carboxylic acids is 3. The van der Waals surface area contributed by atoms with Gasteiger partial charge in [-0.15, -0.1) is 0 Å². The molecule has 0 atom stereocenters. The standard InChI is InChI=1S/C14H23NO4/c1-11(2)14(18)19-9-7-5-6-8-15(12(3)4)13(17)10-16/h10,12H,1,5-9H2,2-4H3. The second kappa shape index (κ2) is 9.30. The Labute approximate surface area is 114 Å². The van der Waals surface area contributed by atoms with Crippen LogP contribution in [0.3, 0.4) is 0 Å². The molecule has 1 amide bonds. The van der Waals surface area contributed by atoms with E-state index in [1.165, 1.54) is 4.90 Å². The van der Waals surface area contributed by atoms with Crippen LogP contribution in [0.2, 0.25) is 0 Å². The number of carbonyl (C=O) groups is 3. The Morgan fingerprint density at radius 3 is 2.37 bits per heavy atom. The van der Waals surface area contributed by atoms with E-state index in [0.29, 0.717) is 25.0 Å². The number of hydrogen-bond donors (Lipinski definition) is 0. The van der Waals surface area contributed by atoms with Gasteiger partial charge in [-0.05, 0) is 40.0 Å². The van der Waals surface area contributed by atoms with Crippen molar-refractivity contribution >= 4 is 18.2 Å². The minimum Gasteiger partial charge on any atom is -0.462 e. The van der Waals surface area contributed by atoms with E-state index in [-0.39, 0.29) is 12.0 Å². The van der Waals surface area contributed by atoms with E-state index in [9.17, 15) is 14.4 Å². The summed E-state index contributed by atoms with van der Waals surface area (Å²) in [5.74, 6) is -0.858. The third-order valence-electron chi connectivity index (χ3n) is 2.63. The van der Waals surface area contributed by atoms with E-state index < -0.39 is 5.91 Å². The molecule has 5 heteroatoms. The minimum absolute atomic E-state index is 0.0129. The monoisotopic (exact) mass is 269 g/mol. The fraction of sp³-hybridized carbons (Fsp3) is 0.643. The molecule has 0 rings (SSSR count). The SMILES string of the molecule is C=C(C)C(=O)OCCCCCN(C(=O)C=O)C(C)C. The number of esters is 1. The molecule has 0 aliphatic carbocycles. The number of aldehydes is 1. The number of nitrogens with zero attached hydrogens (tertiary/aromatic N) is 1. The van der Waals surface area contributed by atoms with Crippen molar-refractivity contribution in [2.45, 2.75) is 46.1 Å². The number of unbranched alkanes of at least 4 members (excludes halogenated alkanes) is 2. The first-order valence-electron chi connectivity index (χ1n) is 6.48. The molecule has 19 heavy (non-hydrogen) atoms. The first-order valence-corrected chi connectivity index (χ1v) is 6.48. The molecular formula is C14H23NO4. The van der Waals surface area contributed by atoms with Crippen LogP contribution in [0.15, 0.2) is 12.2 Å². The van der Waals surface area contributed by atoms with Gasteiger partial charge >= 0.3 is 5.97 Å². The summed E-state index contributed by atoms with van der Waals surface area (Å²) in [5.41, 5.74) is 0.391. The molecule has 0 radical (unpaired) electrons. The lowest BCUT2D eigenvalue weighted by Gasteiger charge is -2.24. The number of ether oxygens (including phenoxy) is 1. The van der Waals surface area contributed by atoms with Gasteiger partial charge in [-0.3, -0.25) is 9.59 Å². The molecule has 0 aromatic carbocycles. The molecule has 0 unspecified atom stereocenters. The topological polar surface area (TPSA) is 63.7 Å². The van der Waals surface area contributed by atoms with Crippen LogP contribution in [-0.2, 0) is 19.1 Å². The zero-order valence-corrected chi connectivity index (χ0v) is 12.0. The molecule has 0 heterocycles. The van der Waals surface area contributed by atoms with Crippen LogP contribution in [0.4, 0.5) is 0 Å². The van der Waals surface area contributed by atoms with Gasteiger partial charge in [0.1, 0.15) is 0 Å². The molecule has 0 saturated heterocycles. The zero-order chi connectivity index (χ0) is 14.8. The Morgan fingerprint density at radius 1 is 1.26 bits per heavy atom. The first-order chi connectivity index (χ1) is 8.90. The van der Waals surface area contributed by atoms with Crippen LogP contribution in [0.25, 0.3) is 0 Å². The Balaban J connectivity index is 3.78. The van der Waals surface area contributed by atoms with Crippen LogP contribution in [0.1, 0.15) is 40.0 Å². The maximum Gasteiger partial charge on any atom is 0.333 e. The Kier molecular flexibility index (Phi) is 8.49. The fourth-order valence-electron chi connectivity index (χ4n) is 1.54. The Bertz CT molecular complexity index is 336. The second-order valence-electron chi connectivity index (χ2n) is 4.72. The van der Waals surface area contributed by atoms with E-state index in [1.54, 1.807) is 6.92 Å². The van der Waals surface area contributed by atoms with Gasteiger partial charge in [0.15, 0.2) is 0 Å². The van der Waals surface area contributed by atoms with Crippen molar-refractivity contribution in [1.82, 2.24) is 4.90 Å². The second-order valence-corrected chi connectivity index (χ2v) is 4.72. The summed E-state index contributed by atoms with van der Waals surface area (Å²) in [7, 11) is 0. The lowest BCUT2D eigenvalue weighted by Crippen LogP contribution is -2.38. The number of hydrogen-bond acceptors (Lipinski definition) is 4. The largest absolute Gasteiger partial charge is 0.462 e. The van der Waals surface area contributed by atoms with Crippen molar-refractivity contribution in [1.29, 1.82) is 0 Å². The van der Waals surface area contributed by atoms with Crippen molar-refractivity contribution in [3.05, 3.63) is 12.2 Å². The molecular weight excluding hydrogens is 246 g/mol. The molecule has 5 nitrogen and oxygen atoms in total. The zero-order valence-electron chi connectivity index (χ0n) is 12.0. The van der Waals surface area contributed by atoms with Crippen LogP contribution < -0.4 is 0 Å². The van der Waals surface area contributed by atoms with E-state index in [2.05, 4.69) is 6.58 Å². The normalized spacial score (nSPS) is 10.1. The summed E-state index contributed by atoms with van der Waals surface area (Å²) in [5, 5.41) is 0. The molecule has 108 valence electrons. The lowest BCUT2D eigenvalue weighted by molar-refractivity contribution is -0.140. The van der Waals surface area contributed by atoms with Crippen LogP contribution >= 0.6 is 0 Å². The Morgan fingerprint density at radius 2 is 1.89 bits per heavy atom. The summed E-state index contributed by atoms with van der Waals surface area (Å²) in [6.07, 6.45) is 2.69. The maximum atomic E-state index is 11.3. The van der Waals surface area contributed by atoms with Gasteiger partial charge in [0.2, 0.25) is 6.29 Å². The maximum absolute atomic E-state index is 11.3. The molecule has 0 spiro atoms. The van der Waals surface area contributed by atoms with Crippen LogP contribution in [-0.4, -0.2) is 42.3 Å². The van der Waals surface area contributed by atoms with Gasteiger partial charge < -0.3 is 9.64 Å². The van der Waals surface area contributed by atoms with Gasteiger partial charge in [0.05, 0.1) is 6.61 Å². The minimum atomic E-state index is -0.483. The molecule has 0 saturated carbocycles. The third kappa shape index (κ3) is 7.39. The Hall–Kier alpha value is -1.65. The molecule has 0 N–H and O–H groups in total. The van der Waals surface area contributed by atoms with E-state index in [1.807, 2.05) is 13.8 Å². The molecule has 0 bridgehead atoms. The average molecular weight is 269 g/mol. The van der Waals surface area contributed by atoms with Gasteiger partial charge in [0.25, 0.3) is 5.91 Å². The average Bonchev–Trinajstić information content (AvgIpc) is 2.36. The van der Waals surface area contributed by atoms with Gasteiger partial charge in [-0.1, -0.05) is 6.58 Å². The predicted octanol–water partition coefficient (Wildman–Crippen LogP) is 1.71. The quantitative estimate of drug-likeness (QED) is 0.210. The van der Waals surface area contributed by atoms with Crippen LogP contribution in [0, 0.1) is 0 Å². The van der Waals surface area contributed by atoms with Crippen molar-refractivity contribution in [3.8, 4) is 0 Å². The van der Waals surface area contributed by atoms with E-state index >= 15 is 0 Å². The van der Waals surface area contributed by atoms with Crippen molar-refractivity contribution < 1.29 is 19.1 Å². The highest BCUT2D eigenvalue weighted by atomic mass is 16.5. The van der Waals surface area contributed by atoms with Crippen LogP contribution in [0.5, 0.6) is 0 Å². The lowest BCUT2D eigenvalue weighted by atomic mass is 10.2. The summed E-state index contributed by atoms with van der Waals surface area (Å²) in [4.78, 5) is 34.4. The van der Waals surface area contributed by atoms with Crippen molar-refractivity contribution in [3.63, 3.8) is 0 Å². The van der Waals surface area contributed by atoms with E-state index in [4.69, 9.17) is 4.74 Å². The molecule has 0 aliphatic rings. The summed E-state index contributed by atoms with van der Waals surface area (Å²) < 4.78 is 4.95.